The summed E-state index contributed by atoms with van der Waals surface area (Å²) in [4.78, 5) is 6.66. The van der Waals surface area contributed by atoms with Crippen LogP contribution in [-0.4, -0.2) is 56.8 Å². The number of H-pyrrole nitrogens is 1. The van der Waals surface area contributed by atoms with E-state index < -0.39 is 0 Å². The van der Waals surface area contributed by atoms with Crippen LogP contribution >= 0.6 is 0 Å². The number of aromatic nitrogens is 5. The van der Waals surface area contributed by atoms with Gasteiger partial charge in [-0.25, -0.2) is 0 Å². The van der Waals surface area contributed by atoms with Crippen molar-refractivity contribution < 1.29 is 9.26 Å². The molecule has 0 aromatic carbocycles. The molecular weight excluding hydrogens is 272 g/mol. The largest absolute Gasteiger partial charge is 0.379 e. The molecule has 8 nitrogen and oxygen atoms in total. The average Bonchev–Trinajstić information content (AvgIpc) is 3.18. The first kappa shape index (κ1) is 14.2. The summed E-state index contributed by atoms with van der Waals surface area (Å²) in [6.45, 7) is 6.38. The molecule has 21 heavy (non-hydrogen) atoms. The Morgan fingerprint density at radius 2 is 2.33 bits per heavy atom. The minimum absolute atomic E-state index is 0.0996. The smallest absolute Gasteiger partial charge is 0.240 e. The molecule has 0 saturated carbocycles. The predicted octanol–water partition coefficient (Wildman–Crippen LogP) is 0.925. The third kappa shape index (κ3) is 2.96. The van der Waals surface area contributed by atoms with Crippen LogP contribution in [-0.2, 0) is 11.3 Å². The maximum atomic E-state index is 5.57. The first-order valence-corrected chi connectivity index (χ1v) is 7.10. The van der Waals surface area contributed by atoms with Crippen molar-refractivity contribution in [2.45, 2.75) is 38.3 Å². The van der Waals surface area contributed by atoms with E-state index in [2.05, 4.69) is 30.5 Å². The van der Waals surface area contributed by atoms with Crippen molar-refractivity contribution in [3.8, 4) is 0 Å². The van der Waals surface area contributed by atoms with Gasteiger partial charge in [-0.2, -0.15) is 20.4 Å². The van der Waals surface area contributed by atoms with Gasteiger partial charge in [0.25, 0.3) is 0 Å². The van der Waals surface area contributed by atoms with E-state index in [0.717, 1.165) is 24.6 Å². The zero-order chi connectivity index (χ0) is 14.8. The Labute approximate surface area is 122 Å². The lowest BCUT2D eigenvalue weighted by atomic mass is 10.0. The van der Waals surface area contributed by atoms with Crippen molar-refractivity contribution in [2.24, 2.45) is 0 Å². The Bertz CT molecular complexity index is 567. The van der Waals surface area contributed by atoms with E-state index in [1.807, 2.05) is 13.8 Å². The van der Waals surface area contributed by atoms with E-state index in [1.165, 1.54) is 0 Å². The van der Waals surface area contributed by atoms with Crippen molar-refractivity contribution in [1.29, 1.82) is 0 Å². The van der Waals surface area contributed by atoms with Crippen molar-refractivity contribution in [3.05, 3.63) is 23.6 Å². The van der Waals surface area contributed by atoms with Gasteiger partial charge in [-0.3, -0.25) is 4.90 Å². The lowest BCUT2D eigenvalue weighted by molar-refractivity contribution is 0.0946. The van der Waals surface area contributed by atoms with Crippen molar-refractivity contribution >= 4 is 0 Å². The SMILES string of the molecule is CO[C@@H]1CN(Cc2nc(C(C)C)no2)C[C@H]1c1cn[nH]n1. The third-order valence-electron chi connectivity index (χ3n) is 3.82. The van der Waals surface area contributed by atoms with Crippen LogP contribution < -0.4 is 0 Å². The molecule has 114 valence electrons. The highest BCUT2D eigenvalue weighted by molar-refractivity contribution is 5.09. The van der Waals surface area contributed by atoms with Crippen molar-refractivity contribution in [3.63, 3.8) is 0 Å². The zero-order valence-electron chi connectivity index (χ0n) is 12.5. The number of methoxy groups -OCH3 is 1. The Kier molecular flexibility index (Phi) is 3.98. The highest BCUT2D eigenvalue weighted by Gasteiger charge is 2.36. The molecule has 0 bridgehead atoms. The fourth-order valence-corrected chi connectivity index (χ4v) is 2.65. The number of nitrogens with zero attached hydrogens (tertiary/aromatic N) is 5. The number of hydrogen-bond donors (Lipinski definition) is 1. The molecular formula is C13H20N6O2. The van der Waals surface area contributed by atoms with Gasteiger partial charge in [-0.05, 0) is 0 Å². The van der Waals surface area contributed by atoms with Gasteiger partial charge in [-0.1, -0.05) is 19.0 Å². The number of rotatable bonds is 5. The van der Waals surface area contributed by atoms with E-state index in [1.54, 1.807) is 13.3 Å². The van der Waals surface area contributed by atoms with E-state index in [9.17, 15) is 0 Å². The van der Waals surface area contributed by atoms with Crippen LogP contribution in [0.3, 0.4) is 0 Å². The molecule has 3 rings (SSSR count). The average molecular weight is 292 g/mol. The second kappa shape index (κ2) is 5.90. The van der Waals surface area contributed by atoms with Crippen molar-refractivity contribution in [2.75, 3.05) is 20.2 Å². The topological polar surface area (TPSA) is 93.0 Å². The molecule has 0 amide bonds. The number of ether oxygens (including phenoxy) is 1. The minimum Gasteiger partial charge on any atom is -0.379 e. The van der Waals surface area contributed by atoms with E-state index >= 15 is 0 Å². The lowest BCUT2D eigenvalue weighted by Gasteiger charge is -2.13. The van der Waals surface area contributed by atoms with E-state index in [0.29, 0.717) is 12.4 Å². The molecule has 1 fully saturated rings. The molecule has 2 aromatic heterocycles. The molecule has 0 spiro atoms. The Hall–Kier alpha value is -1.80. The molecule has 2 atom stereocenters. The lowest BCUT2D eigenvalue weighted by Crippen LogP contribution is -2.22. The molecule has 1 aliphatic heterocycles. The second-order valence-electron chi connectivity index (χ2n) is 5.67. The van der Waals surface area contributed by atoms with Gasteiger partial charge < -0.3 is 9.26 Å². The third-order valence-corrected chi connectivity index (χ3v) is 3.82. The van der Waals surface area contributed by atoms with Gasteiger partial charge in [0.05, 0.1) is 24.5 Å². The van der Waals surface area contributed by atoms with Crippen LogP contribution in [0.2, 0.25) is 0 Å². The van der Waals surface area contributed by atoms with Crippen LogP contribution in [0, 0.1) is 0 Å². The fraction of sp³-hybridized carbons (Fsp3) is 0.692. The summed E-state index contributed by atoms with van der Waals surface area (Å²) in [5.41, 5.74) is 0.928. The van der Waals surface area contributed by atoms with Crippen LogP contribution in [0.4, 0.5) is 0 Å². The van der Waals surface area contributed by atoms with Gasteiger partial charge in [0.2, 0.25) is 5.89 Å². The molecule has 8 heteroatoms. The molecule has 1 aliphatic rings. The highest BCUT2D eigenvalue weighted by atomic mass is 16.5. The van der Waals surface area contributed by atoms with Crippen LogP contribution in [0.1, 0.15) is 43.1 Å². The second-order valence-corrected chi connectivity index (χ2v) is 5.67. The molecule has 0 unspecified atom stereocenters. The quantitative estimate of drug-likeness (QED) is 0.876. The van der Waals surface area contributed by atoms with Gasteiger partial charge in [0.1, 0.15) is 0 Å². The Morgan fingerprint density at radius 1 is 1.48 bits per heavy atom. The van der Waals surface area contributed by atoms with Gasteiger partial charge in [0.15, 0.2) is 5.82 Å². The highest BCUT2D eigenvalue weighted by Crippen LogP contribution is 2.28. The van der Waals surface area contributed by atoms with Gasteiger partial charge in [0, 0.05) is 32.0 Å². The molecule has 1 N–H and O–H groups in total. The monoisotopic (exact) mass is 292 g/mol. The number of aromatic amines is 1. The molecule has 3 heterocycles. The van der Waals surface area contributed by atoms with E-state index in [-0.39, 0.29) is 17.9 Å². The molecule has 0 aliphatic carbocycles. The summed E-state index contributed by atoms with van der Waals surface area (Å²) in [6, 6.07) is 0. The summed E-state index contributed by atoms with van der Waals surface area (Å²) in [5.74, 6) is 1.88. The summed E-state index contributed by atoms with van der Waals surface area (Å²) < 4.78 is 10.9. The maximum absolute atomic E-state index is 5.57. The van der Waals surface area contributed by atoms with Gasteiger partial charge >= 0.3 is 0 Å². The Morgan fingerprint density at radius 3 is 2.95 bits per heavy atom. The van der Waals surface area contributed by atoms with Crippen molar-refractivity contribution in [1.82, 2.24) is 30.5 Å². The minimum atomic E-state index is 0.0996. The fourth-order valence-electron chi connectivity index (χ4n) is 2.65. The van der Waals surface area contributed by atoms with Crippen LogP contribution in [0.5, 0.6) is 0 Å². The number of hydrogen-bond acceptors (Lipinski definition) is 7. The first-order valence-electron chi connectivity index (χ1n) is 7.10. The van der Waals surface area contributed by atoms with Gasteiger partial charge in [-0.15, -0.1) is 0 Å². The Balaban J connectivity index is 1.67. The summed E-state index contributed by atoms with van der Waals surface area (Å²) in [5, 5.41) is 14.7. The summed E-state index contributed by atoms with van der Waals surface area (Å²) in [6.07, 6.45) is 1.85. The maximum Gasteiger partial charge on any atom is 0.240 e. The molecule has 2 aromatic rings. The number of likely N-dealkylation sites (tertiary alicyclic amines) is 1. The van der Waals surface area contributed by atoms with Crippen LogP contribution in [0.15, 0.2) is 10.7 Å². The summed E-state index contributed by atoms with van der Waals surface area (Å²) in [7, 11) is 1.73. The van der Waals surface area contributed by atoms with E-state index in [4.69, 9.17) is 9.26 Å². The van der Waals surface area contributed by atoms with Crippen LogP contribution in [0.25, 0.3) is 0 Å². The summed E-state index contributed by atoms with van der Waals surface area (Å²) >= 11 is 0. The predicted molar refractivity (Wildman–Crippen MR) is 73.6 cm³/mol. The number of nitrogens with one attached hydrogen (secondary N) is 1. The zero-order valence-corrected chi connectivity index (χ0v) is 12.5. The normalized spacial score (nSPS) is 23.2. The standard InChI is InChI=1S/C13H20N6O2/c1-8(2)13-15-12(21-17-13)7-19-5-9(11(6-19)20-3)10-4-14-18-16-10/h4,8-9,11H,5-7H2,1-3H3,(H,14,16,18)/t9-,11+/m0/s1. The molecule has 1 saturated heterocycles. The first-order chi connectivity index (χ1) is 10.2. The molecule has 0 radical (unpaired) electrons.